The molecule has 0 saturated carbocycles. The monoisotopic (exact) mass is 748 g/mol. The van der Waals surface area contributed by atoms with E-state index in [9.17, 15) is 8.78 Å². The fraction of sp³-hybridized carbons (Fsp3) is 0.395. The Kier molecular flexibility index (Phi) is 13.5. The summed E-state index contributed by atoms with van der Waals surface area (Å²) >= 11 is 0. The summed E-state index contributed by atoms with van der Waals surface area (Å²) in [6, 6.07) is 14.9. The number of unbranched alkanes of at least 4 members (excludes halogenated alkanes) is 1. The van der Waals surface area contributed by atoms with Gasteiger partial charge in [0.15, 0.2) is 22.9 Å². The second-order valence-corrected chi connectivity index (χ2v) is 13.8. The zero-order chi connectivity index (χ0) is 39.8. The van der Waals surface area contributed by atoms with Gasteiger partial charge in [-0.2, -0.15) is 0 Å². The molecule has 2 aromatic carbocycles. The van der Waals surface area contributed by atoms with Gasteiger partial charge in [-0.25, -0.2) is 38.7 Å². The van der Waals surface area contributed by atoms with Gasteiger partial charge in [0, 0.05) is 39.1 Å². The highest BCUT2D eigenvalue weighted by molar-refractivity contribution is 5.82. The molecule has 10 nitrogen and oxygen atoms in total. The predicted molar refractivity (Wildman–Crippen MR) is 219 cm³/mol. The number of rotatable bonds is 7. The number of halogens is 2. The van der Waals surface area contributed by atoms with Gasteiger partial charge in [-0.15, -0.1) is 0 Å². The third-order valence-electron chi connectivity index (χ3n) is 9.70. The molecule has 0 spiro atoms. The molecule has 8 aromatic rings. The molecule has 8 rings (SSSR count). The first-order chi connectivity index (χ1) is 26.4. The van der Waals surface area contributed by atoms with Crippen LogP contribution in [0.2, 0.25) is 0 Å². The molecule has 0 aliphatic rings. The van der Waals surface area contributed by atoms with Gasteiger partial charge in [0.05, 0.1) is 27.6 Å². The van der Waals surface area contributed by atoms with Crippen molar-refractivity contribution >= 4 is 44.4 Å². The van der Waals surface area contributed by atoms with E-state index < -0.39 is 11.6 Å². The molecule has 0 aliphatic carbocycles. The SMILES string of the molecule is CCCCn1c(C)nc2ncccc21.CCCn1c(C)nc2c(C)ccc(C)c21.CCCn1c(C)nc2ccc(F)c(F)c21.Cc1nc2ncccc2n1C. The smallest absolute Gasteiger partial charge is 0.184 e. The Balaban J connectivity index is 0.000000141. The standard InChI is InChI=1S/C13H18N2.C11H12F2N2.C11H15N3.C8H9N3/c1-5-8-15-11(4)14-12-9(2)6-7-10(3)13(12)15;1-3-6-15-7(2)14-9-5-4-8(12)10(13)11(9)15;1-3-4-8-14-9(2)13-11-10(14)6-5-7-12-11;1-6-10-8-7(11(6)2)4-3-5-9-8/h6-7H,5,8H2,1-4H3;4-5H,3,6H2,1-2H3;5-7H,3-4,8H2,1-2H3;3-5H,1-2H3. The summed E-state index contributed by atoms with van der Waals surface area (Å²) in [4.78, 5) is 25.9. The Bertz CT molecular complexity index is 2510. The zero-order valence-corrected chi connectivity index (χ0v) is 34.0. The van der Waals surface area contributed by atoms with Crippen molar-refractivity contribution in [2.75, 3.05) is 0 Å². The van der Waals surface area contributed by atoms with Gasteiger partial charge in [-0.05, 0) is 108 Å². The minimum absolute atomic E-state index is 0.273. The van der Waals surface area contributed by atoms with Gasteiger partial charge in [0.2, 0.25) is 0 Å². The number of hydrogen-bond donors (Lipinski definition) is 0. The first kappa shape index (κ1) is 40.7. The molecule has 0 N–H and O–H groups in total. The Morgan fingerprint density at radius 3 is 1.75 bits per heavy atom. The molecule has 0 amide bonds. The second-order valence-electron chi connectivity index (χ2n) is 13.8. The van der Waals surface area contributed by atoms with Gasteiger partial charge in [0.1, 0.15) is 28.8 Å². The van der Waals surface area contributed by atoms with Crippen molar-refractivity contribution in [1.82, 2.24) is 48.2 Å². The molecule has 0 unspecified atom stereocenters. The number of benzene rings is 2. The quantitative estimate of drug-likeness (QED) is 0.161. The molecule has 0 aliphatic heterocycles. The summed E-state index contributed by atoms with van der Waals surface area (Å²) in [5.41, 5.74) is 9.79. The van der Waals surface area contributed by atoms with Crippen LogP contribution in [0, 0.1) is 53.2 Å². The van der Waals surface area contributed by atoms with Crippen LogP contribution in [0.4, 0.5) is 8.78 Å². The molecule has 55 heavy (non-hydrogen) atoms. The molecular formula is C43H54F2N10. The lowest BCUT2D eigenvalue weighted by Gasteiger charge is -2.07. The number of fused-ring (bicyclic) bond motifs is 4. The lowest BCUT2D eigenvalue weighted by Crippen LogP contribution is -2.01. The number of nitrogens with zero attached hydrogens (tertiary/aromatic N) is 10. The summed E-state index contributed by atoms with van der Waals surface area (Å²) in [5, 5.41) is 0. The first-order valence-corrected chi connectivity index (χ1v) is 19.2. The van der Waals surface area contributed by atoms with Crippen LogP contribution < -0.4 is 0 Å². The molecule has 6 aromatic heterocycles. The van der Waals surface area contributed by atoms with Gasteiger partial charge in [-0.1, -0.05) is 39.3 Å². The molecule has 0 fully saturated rings. The molecule has 290 valence electrons. The Morgan fingerprint density at radius 1 is 0.545 bits per heavy atom. The van der Waals surface area contributed by atoms with Crippen LogP contribution in [-0.2, 0) is 26.7 Å². The van der Waals surface area contributed by atoms with E-state index in [1.165, 1.54) is 41.1 Å². The lowest BCUT2D eigenvalue weighted by atomic mass is 10.1. The Hall–Kier alpha value is -5.52. The van der Waals surface area contributed by atoms with Crippen molar-refractivity contribution in [2.24, 2.45) is 7.05 Å². The zero-order valence-electron chi connectivity index (χ0n) is 34.0. The molecule has 0 saturated heterocycles. The fourth-order valence-electron chi connectivity index (χ4n) is 6.73. The number of aryl methyl sites for hydroxylation is 10. The number of imidazole rings is 4. The van der Waals surface area contributed by atoms with E-state index >= 15 is 0 Å². The van der Waals surface area contributed by atoms with Crippen LogP contribution >= 0.6 is 0 Å². The lowest BCUT2D eigenvalue weighted by molar-refractivity contribution is 0.510. The molecule has 0 radical (unpaired) electrons. The maximum Gasteiger partial charge on any atom is 0.184 e. The first-order valence-electron chi connectivity index (χ1n) is 19.2. The average Bonchev–Trinajstić information content (AvgIpc) is 3.88. The molecule has 6 heterocycles. The number of pyridine rings is 2. The highest BCUT2D eigenvalue weighted by atomic mass is 19.2. The highest BCUT2D eigenvalue weighted by Gasteiger charge is 2.15. The summed E-state index contributed by atoms with van der Waals surface area (Å²) in [7, 11) is 1.99. The van der Waals surface area contributed by atoms with Crippen LogP contribution in [0.25, 0.3) is 44.4 Å². The molecule has 12 heteroatoms. The average molecular weight is 749 g/mol. The van der Waals surface area contributed by atoms with E-state index in [0.29, 0.717) is 12.1 Å². The van der Waals surface area contributed by atoms with Crippen LogP contribution in [0.5, 0.6) is 0 Å². The maximum absolute atomic E-state index is 13.6. The van der Waals surface area contributed by atoms with Crippen molar-refractivity contribution in [1.29, 1.82) is 0 Å². The van der Waals surface area contributed by atoms with Gasteiger partial charge >= 0.3 is 0 Å². The van der Waals surface area contributed by atoms with E-state index in [1.807, 2.05) is 50.6 Å². The third kappa shape index (κ3) is 8.90. The summed E-state index contributed by atoms with van der Waals surface area (Å²) in [6.07, 6.45) is 7.97. The molecule has 0 bridgehead atoms. The van der Waals surface area contributed by atoms with Crippen LogP contribution in [-0.4, -0.2) is 48.2 Å². The van der Waals surface area contributed by atoms with Crippen molar-refractivity contribution in [3.8, 4) is 0 Å². The van der Waals surface area contributed by atoms with Gasteiger partial charge in [0.25, 0.3) is 0 Å². The van der Waals surface area contributed by atoms with Crippen LogP contribution in [0.3, 0.4) is 0 Å². The number of aromatic nitrogens is 10. The van der Waals surface area contributed by atoms with E-state index in [2.05, 4.69) is 91.9 Å². The van der Waals surface area contributed by atoms with Crippen molar-refractivity contribution in [3.05, 3.63) is 107 Å². The normalized spacial score (nSPS) is 11.1. The summed E-state index contributed by atoms with van der Waals surface area (Å²) in [6.45, 7) is 21.4. The Labute approximate surface area is 322 Å². The summed E-state index contributed by atoms with van der Waals surface area (Å²) < 4.78 is 34.9. The molecular weight excluding hydrogens is 695 g/mol. The molecule has 0 atom stereocenters. The van der Waals surface area contributed by atoms with E-state index in [0.717, 1.165) is 77.6 Å². The topological polar surface area (TPSA) is 97.1 Å². The van der Waals surface area contributed by atoms with Crippen molar-refractivity contribution in [3.63, 3.8) is 0 Å². The maximum atomic E-state index is 13.6. The fourth-order valence-corrected chi connectivity index (χ4v) is 6.73. The summed E-state index contributed by atoms with van der Waals surface area (Å²) in [5.74, 6) is 2.28. The van der Waals surface area contributed by atoms with Crippen LogP contribution in [0.15, 0.2) is 60.9 Å². The second kappa shape index (κ2) is 18.2. The largest absolute Gasteiger partial charge is 0.330 e. The Morgan fingerprint density at radius 2 is 1.11 bits per heavy atom. The van der Waals surface area contributed by atoms with E-state index in [4.69, 9.17) is 0 Å². The minimum atomic E-state index is -0.820. The predicted octanol–water partition coefficient (Wildman–Crippen LogP) is 10.2. The van der Waals surface area contributed by atoms with Gasteiger partial charge in [-0.3, -0.25) is 0 Å². The van der Waals surface area contributed by atoms with Crippen molar-refractivity contribution < 1.29 is 8.78 Å². The van der Waals surface area contributed by atoms with Gasteiger partial charge < -0.3 is 18.3 Å². The minimum Gasteiger partial charge on any atom is -0.330 e. The van der Waals surface area contributed by atoms with E-state index in [1.54, 1.807) is 23.9 Å². The van der Waals surface area contributed by atoms with E-state index in [-0.39, 0.29) is 5.52 Å². The number of hydrogen-bond acceptors (Lipinski definition) is 6. The van der Waals surface area contributed by atoms with Crippen molar-refractivity contribution in [2.45, 2.75) is 108 Å². The highest BCUT2D eigenvalue weighted by Crippen LogP contribution is 2.24. The third-order valence-corrected chi connectivity index (χ3v) is 9.70. The van der Waals surface area contributed by atoms with Crippen LogP contribution in [0.1, 0.15) is 80.9 Å².